The molecule has 0 spiro atoms. The SMILES string of the molecule is CC(=O)N1CC(C)(Cl)C1. The van der Waals surface area contributed by atoms with Crippen LogP contribution in [0.3, 0.4) is 0 Å². The van der Waals surface area contributed by atoms with E-state index in [0.717, 1.165) is 0 Å². The Kier molecular flexibility index (Phi) is 1.43. The second-order valence-electron chi connectivity index (χ2n) is 2.79. The average molecular weight is 148 g/mol. The number of rotatable bonds is 0. The van der Waals surface area contributed by atoms with Crippen LogP contribution in [0.25, 0.3) is 0 Å². The van der Waals surface area contributed by atoms with Crippen molar-refractivity contribution in [2.24, 2.45) is 0 Å². The standard InChI is InChI=1S/C6H10ClNO/c1-5(9)8-3-6(2,7)4-8/h3-4H2,1-2H3. The monoisotopic (exact) mass is 147 g/mol. The zero-order valence-electron chi connectivity index (χ0n) is 5.65. The molecule has 1 saturated heterocycles. The number of carbonyl (C=O) groups is 1. The van der Waals surface area contributed by atoms with Crippen LogP contribution in [0.1, 0.15) is 13.8 Å². The summed E-state index contributed by atoms with van der Waals surface area (Å²) in [4.78, 5) is 12.2. The fourth-order valence-electron chi connectivity index (χ4n) is 0.972. The third-order valence-corrected chi connectivity index (χ3v) is 1.73. The summed E-state index contributed by atoms with van der Waals surface area (Å²) in [6.07, 6.45) is 0. The van der Waals surface area contributed by atoms with Gasteiger partial charge in [-0.2, -0.15) is 0 Å². The van der Waals surface area contributed by atoms with Gasteiger partial charge in [0.05, 0.1) is 4.87 Å². The summed E-state index contributed by atoms with van der Waals surface area (Å²) in [6, 6.07) is 0. The summed E-state index contributed by atoms with van der Waals surface area (Å²) >= 11 is 5.85. The number of hydrogen-bond acceptors (Lipinski definition) is 1. The molecule has 1 fully saturated rings. The number of hydrogen-bond donors (Lipinski definition) is 0. The number of carbonyl (C=O) groups excluding carboxylic acids is 1. The van der Waals surface area contributed by atoms with E-state index in [9.17, 15) is 4.79 Å². The first kappa shape index (κ1) is 6.87. The Morgan fingerprint density at radius 3 is 2.22 bits per heavy atom. The molecule has 1 amide bonds. The van der Waals surface area contributed by atoms with Crippen molar-refractivity contribution >= 4 is 17.5 Å². The number of amides is 1. The van der Waals surface area contributed by atoms with Gasteiger partial charge in [0.1, 0.15) is 0 Å². The molecule has 0 aromatic heterocycles. The fraction of sp³-hybridized carbons (Fsp3) is 0.833. The van der Waals surface area contributed by atoms with Crippen LogP contribution in [0, 0.1) is 0 Å². The van der Waals surface area contributed by atoms with Crippen molar-refractivity contribution in [3.8, 4) is 0 Å². The minimum Gasteiger partial charge on any atom is -0.339 e. The van der Waals surface area contributed by atoms with E-state index in [2.05, 4.69) is 0 Å². The maximum atomic E-state index is 10.6. The molecular formula is C6H10ClNO. The molecule has 0 aliphatic carbocycles. The molecule has 0 aromatic carbocycles. The molecule has 1 heterocycles. The predicted molar refractivity (Wildman–Crippen MR) is 36.5 cm³/mol. The first-order valence-electron chi connectivity index (χ1n) is 2.96. The van der Waals surface area contributed by atoms with Gasteiger partial charge in [-0.25, -0.2) is 0 Å². The summed E-state index contributed by atoms with van der Waals surface area (Å²) in [5, 5.41) is 0. The third-order valence-electron chi connectivity index (χ3n) is 1.49. The Hall–Kier alpha value is -0.240. The van der Waals surface area contributed by atoms with Gasteiger partial charge in [-0.1, -0.05) is 0 Å². The molecular weight excluding hydrogens is 138 g/mol. The molecule has 1 aliphatic heterocycles. The van der Waals surface area contributed by atoms with Crippen LogP contribution in [0.2, 0.25) is 0 Å². The van der Waals surface area contributed by atoms with Crippen LogP contribution >= 0.6 is 11.6 Å². The number of halogens is 1. The van der Waals surface area contributed by atoms with Gasteiger partial charge >= 0.3 is 0 Å². The molecule has 3 heteroatoms. The summed E-state index contributed by atoms with van der Waals surface area (Å²) in [5.74, 6) is 0.119. The van der Waals surface area contributed by atoms with Crippen molar-refractivity contribution in [1.29, 1.82) is 0 Å². The second-order valence-corrected chi connectivity index (χ2v) is 3.70. The molecule has 0 radical (unpaired) electrons. The maximum absolute atomic E-state index is 10.6. The normalized spacial score (nSPS) is 23.2. The zero-order valence-corrected chi connectivity index (χ0v) is 6.40. The molecule has 0 N–H and O–H groups in total. The smallest absolute Gasteiger partial charge is 0.219 e. The Labute approximate surface area is 59.8 Å². The fourth-order valence-corrected chi connectivity index (χ4v) is 1.26. The lowest BCUT2D eigenvalue weighted by Gasteiger charge is -2.43. The van der Waals surface area contributed by atoms with Crippen LogP contribution in [0.15, 0.2) is 0 Å². The van der Waals surface area contributed by atoms with Crippen molar-refractivity contribution in [2.75, 3.05) is 13.1 Å². The van der Waals surface area contributed by atoms with Crippen molar-refractivity contribution < 1.29 is 4.79 Å². The quantitative estimate of drug-likeness (QED) is 0.465. The van der Waals surface area contributed by atoms with E-state index >= 15 is 0 Å². The van der Waals surface area contributed by atoms with Gasteiger partial charge < -0.3 is 4.90 Å². The first-order chi connectivity index (χ1) is 4.01. The largest absolute Gasteiger partial charge is 0.339 e. The van der Waals surface area contributed by atoms with E-state index < -0.39 is 0 Å². The molecule has 9 heavy (non-hydrogen) atoms. The van der Waals surface area contributed by atoms with Crippen LogP contribution in [-0.4, -0.2) is 28.8 Å². The van der Waals surface area contributed by atoms with E-state index in [4.69, 9.17) is 11.6 Å². The molecule has 0 aromatic rings. The lowest BCUT2D eigenvalue weighted by molar-refractivity contribution is -0.133. The highest BCUT2D eigenvalue weighted by molar-refractivity contribution is 6.25. The second kappa shape index (κ2) is 1.87. The summed E-state index contributed by atoms with van der Waals surface area (Å²) in [7, 11) is 0. The van der Waals surface area contributed by atoms with Crippen molar-refractivity contribution in [3.63, 3.8) is 0 Å². The summed E-state index contributed by atoms with van der Waals surface area (Å²) < 4.78 is 0. The van der Waals surface area contributed by atoms with E-state index in [1.54, 1.807) is 11.8 Å². The molecule has 0 unspecified atom stereocenters. The van der Waals surface area contributed by atoms with Crippen LogP contribution in [-0.2, 0) is 4.79 Å². The van der Waals surface area contributed by atoms with Crippen LogP contribution < -0.4 is 0 Å². The van der Waals surface area contributed by atoms with Gasteiger partial charge in [-0.3, -0.25) is 4.79 Å². The number of likely N-dealkylation sites (tertiary alicyclic amines) is 1. The van der Waals surface area contributed by atoms with Gasteiger partial charge in [0.15, 0.2) is 0 Å². The Bertz CT molecular complexity index is 136. The van der Waals surface area contributed by atoms with Gasteiger partial charge in [0.2, 0.25) is 5.91 Å². The minimum atomic E-state index is -0.147. The average Bonchev–Trinajstić information content (AvgIpc) is 1.59. The topological polar surface area (TPSA) is 20.3 Å². The van der Waals surface area contributed by atoms with Gasteiger partial charge in [-0.15, -0.1) is 11.6 Å². The summed E-state index contributed by atoms with van der Waals surface area (Å²) in [6.45, 7) is 4.90. The van der Waals surface area contributed by atoms with E-state index in [0.29, 0.717) is 13.1 Å². The zero-order chi connectivity index (χ0) is 7.07. The highest BCUT2D eigenvalue weighted by Gasteiger charge is 2.37. The Balaban J connectivity index is 2.35. The van der Waals surface area contributed by atoms with Crippen LogP contribution in [0.5, 0.6) is 0 Å². The highest BCUT2D eigenvalue weighted by Crippen LogP contribution is 2.26. The Morgan fingerprint density at radius 2 is 2.11 bits per heavy atom. The molecule has 1 rings (SSSR count). The summed E-state index contributed by atoms with van der Waals surface area (Å²) in [5.41, 5.74) is 0. The van der Waals surface area contributed by atoms with E-state index in [-0.39, 0.29) is 10.8 Å². The minimum absolute atomic E-state index is 0.119. The molecule has 0 saturated carbocycles. The van der Waals surface area contributed by atoms with Crippen molar-refractivity contribution in [3.05, 3.63) is 0 Å². The molecule has 2 nitrogen and oxygen atoms in total. The van der Waals surface area contributed by atoms with Gasteiger partial charge in [0.25, 0.3) is 0 Å². The molecule has 52 valence electrons. The van der Waals surface area contributed by atoms with Gasteiger partial charge in [-0.05, 0) is 6.92 Å². The number of alkyl halides is 1. The lowest BCUT2D eigenvalue weighted by atomic mass is 10.0. The predicted octanol–water partition coefficient (Wildman–Crippen LogP) is 0.846. The maximum Gasteiger partial charge on any atom is 0.219 e. The Morgan fingerprint density at radius 1 is 1.67 bits per heavy atom. The van der Waals surface area contributed by atoms with Gasteiger partial charge in [0, 0.05) is 20.0 Å². The van der Waals surface area contributed by atoms with Crippen LogP contribution in [0.4, 0.5) is 0 Å². The van der Waals surface area contributed by atoms with Crippen molar-refractivity contribution in [1.82, 2.24) is 4.90 Å². The lowest BCUT2D eigenvalue weighted by Crippen LogP contribution is -2.57. The molecule has 0 atom stereocenters. The molecule has 0 bridgehead atoms. The van der Waals surface area contributed by atoms with E-state index in [1.165, 1.54) is 0 Å². The third kappa shape index (κ3) is 1.36. The molecule has 1 aliphatic rings. The van der Waals surface area contributed by atoms with E-state index in [1.807, 2.05) is 6.92 Å². The number of nitrogens with zero attached hydrogens (tertiary/aromatic N) is 1. The first-order valence-corrected chi connectivity index (χ1v) is 3.33. The van der Waals surface area contributed by atoms with Crippen molar-refractivity contribution in [2.45, 2.75) is 18.7 Å². The highest BCUT2D eigenvalue weighted by atomic mass is 35.5.